The molecule has 0 aliphatic carbocycles. The number of benzene rings is 1. The molecule has 1 aliphatic rings. The van der Waals surface area contributed by atoms with Crippen LogP contribution >= 0.6 is 11.3 Å². The molecule has 0 bridgehead atoms. The number of rotatable bonds is 4. The molecule has 2 heterocycles. The highest BCUT2D eigenvalue weighted by molar-refractivity contribution is 7.14. The number of carbonyl (C=O) groups is 2. The van der Waals surface area contributed by atoms with Crippen molar-refractivity contribution >= 4 is 28.8 Å². The van der Waals surface area contributed by atoms with Gasteiger partial charge in [-0.05, 0) is 49.4 Å². The van der Waals surface area contributed by atoms with Crippen LogP contribution in [0.25, 0.3) is 0 Å². The van der Waals surface area contributed by atoms with Gasteiger partial charge in [0.2, 0.25) is 0 Å². The molecule has 132 valence electrons. The van der Waals surface area contributed by atoms with Crippen molar-refractivity contribution < 1.29 is 9.59 Å². The van der Waals surface area contributed by atoms with Crippen LogP contribution in [0.5, 0.6) is 0 Å². The molecule has 25 heavy (non-hydrogen) atoms. The van der Waals surface area contributed by atoms with Crippen molar-refractivity contribution in [1.82, 2.24) is 10.9 Å². The standard InChI is InChI=1S/C19H23N3O2S/c1-3-16-13(2)11-17(25-16)19(24)21-20-18(23)12-22-10-6-8-14-7-4-5-9-15(14)22/h4-5,7,9,11H,3,6,8,10,12H2,1-2H3,(H,20,23)(H,21,24). The Morgan fingerprint density at radius 1 is 1.24 bits per heavy atom. The molecule has 1 aromatic carbocycles. The number of para-hydroxylation sites is 1. The van der Waals surface area contributed by atoms with Gasteiger partial charge in [-0.3, -0.25) is 20.4 Å². The summed E-state index contributed by atoms with van der Waals surface area (Å²) in [6.07, 6.45) is 2.98. The SMILES string of the molecule is CCc1sc(C(=O)NNC(=O)CN2CCCc3ccccc32)cc1C. The van der Waals surface area contributed by atoms with E-state index < -0.39 is 0 Å². The van der Waals surface area contributed by atoms with E-state index in [2.05, 4.69) is 28.7 Å². The van der Waals surface area contributed by atoms with E-state index in [1.807, 2.05) is 31.2 Å². The highest BCUT2D eigenvalue weighted by Gasteiger charge is 2.19. The van der Waals surface area contributed by atoms with Gasteiger partial charge in [0.15, 0.2) is 0 Å². The predicted molar refractivity (Wildman–Crippen MR) is 101 cm³/mol. The van der Waals surface area contributed by atoms with Gasteiger partial charge in [-0.25, -0.2) is 0 Å². The molecule has 2 amide bonds. The molecule has 0 radical (unpaired) electrons. The number of hydrogen-bond donors (Lipinski definition) is 2. The maximum absolute atomic E-state index is 12.2. The average molecular weight is 357 g/mol. The van der Waals surface area contributed by atoms with Crippen molar-refractivity contribution in [3.8, 4) is 0 Å². The molecule has 0 unspecified atom stereocenters. The molecular formula is C19H23N3O2S. The minimum atomic E-state index is -0.264. The van der Waals surface area contributed by atoms with E-state index in [1.54, 1.807) is 0 Å². The van der Waals surface area contributed by atoms with Crippen LogP contribution in [0.2, 0.25) is 0 Å². The fraction of sp³-hybridized carbons (Fsp3) is 0.368. The topological polar surface area (TPSA) is 61.4 Å². The highest BCUT2D eigenvalue weighted by Crippen LogP contribution is 2.26. The lowest BCUT2D eigenvalue weighted by Crippen LogP contribution is -2.47. The molecule has 1 aromatic heterocycles. The number of thiophene rings is 1. The van der Waals surface area contributed by atoms with E-state index in [0.717, 1.165) is 37.1 Å². The van der Waals surface area contributed by atoms with Gasteiger partial charge in [0.05, 0.1) is 11.4 Å². The molecule has 0 saturated heterocycles. The number of nitrogens with one attached hydrogen (secondary N) is 2. The Morgan fingerprint density at radius 3 is 2.80 bits per heavy atom. The number of hydrogen-bond acceptors (Lipinski definition) is 4. The minimum absolute atomic E-state index is 0.214. The second-order valence-electron chi connectivity index (χ2n) is 6.23. The summed E-state index contributed by atoms with van der Waals surface area (Å²) < 4.78 is 0. The van der Waals surface area contributed by atoms with Crippen LogP contribution in [-0.4, -0.2) is 24.9 Å². The summed E-state index contributed by atoms with van der Waals surface area (Å²) in [5, 5.41) is 0. The van der Waals surface area contributed by atoms with Gasteiger partial charge in [0.25, 0.3) is 11.8 Å². The van der Waals surface area contributed by atoms with Crippen molar-refractivity contribution in [2.45, 2.75) is 33.1 Å². The molecule has 2 aromatic rings. The summed E-state index contributed by atoms with van der Waals surface area (Å²) in [6.45, 7) is 5.15. The Bertz CT molecular complexity index is 785. The number of aryl methyl sites for hydroxylation is 3. The van der Waals surface area contributed by atoms with Gasteiger partial charge in [-0.2, -0.15) is 0 Å². The normalized spacial score (nSPS) is 13.3. The molecule has 0 spiro atoms. The number of anilines is 1. The van der Waals surface area contributed by atoms with Crippen molar-refractivity contribution in [2.75, 3.05) is 18.0 Å². The molecule has 0 fully saturated rings. The van der Waals surface area contributed by atoms with Crippen molar-refractivity contribution in [1.29, 1.82) is 0 Å². The monoisotopic (exact) mass is 357 g/mol. The summed E-state index contributed by atoms with van der Waals surface area (Å²) in [7, 11) is 0. The highest BCUT2D eigenvalue weighted by atomic mass is 32.1. The Morgan fingerprint density at radius 2 is 2.04 bits per heavy atom. The average Bonchev–Trinajstić information content (AvgIpc) is 3.01. The smallest absolute Gasteiger partial charge is 0.279 e. The lowest BCUT2D eigenvalue weighted by atomic mass is 10.0. The third kappa shape index (κ3) is 4.02. The molecule has 5 nitrogen and oxygen atoms in total. The largest absolute Gasteiger partial charge is 0.362 e. The first-order valence-electron chi connectivity index (χ1n) is 8.60. The lowest BCUT2D eigenvalue weighted by molar-refractivity contribution is -0.120. The van der Waals surface area contributed by atoms with Crippen LogP contribution in [0.15, 0.2) is 30.3 Å². The quantitative estimate of drug-likeness (QED) is 0.827. The van der Waals surface area contributed by atoms with Gasteiger partial charge in [0, 0.05) is 17.1 Å². The first-order chi connectivity index (χ1) is 12.1. The first-order valence-corrected chi connectivity index (χ1v) is 9.41. The zero-order valence-corrected chi connectivity index (χ0v) is 15.4. The van der Waals surface area contributed by atoms with Crippen LogP contribution < -0.4 is 15.8 Å². The minimum Gasteiger partial charge on any atom is -0.362 e. The van der Waals surface area contributed by atoms with Crippen LogP contribution in [-0.2, 0) is 17.6 Å². The second kappa shape index (κ2) is 7.70. The second-order valence-corrected chi connectivity index (χ2v) is 7.36. The summed E-state index contributed by atoms with van der Waals surface area (Å²) in [5.41, 5.74) is 8.55. The number of nitrogens with zero attached hydrogens (tertiary/aromatic N) is 1. The van der Waals surface area contributed by atoms with Crippen LogP contribution in [0.4, 0.5) is 5.69 Å². The van der Waals surface area contributed by atoms with E-state index in [0.29, 0.717) is 4.88 Å². The van der Waals surface area contributed by atoms with E-state index in [9.17, 15) is 9.59 Å². The molecule has 3 rings (SSSR count). The summed E-state index contributed by atoms with van der Waals surface area (Å²) in [6, 6.07) is 10.0. The maximum atomic E-state index is 12.2. The van der Waals surface area contributed by atoms with E-state index in [1.165, 1.54) is 21.8 Å². The third-order valence-electron chi connectivity index (χ3n) is 4.42. The number of hydrazine groups is 1. The number of fused-ring (bicyclic) bond motifs is 1. The predicted octanol–water partition coefficient (Wildman–Crippen LogP) is 2.83. The van der Waals surface area contributed by atoms with Crippen LogP contribution in [0, 0.1) is 6.92 Å². The fourth-order valence-electron chi connectivity index (χ4n) is 3.16. The van der Waals surface area contributed by atoms with Crippen LogP contribution in [0.3, 0.4) is 0 Å². The maximum Gasteiger partial charge on any atom is 0.279 e. The lowest BCUT2D eigenvalue weighted by Gasteiger charge is -2.30. The Kier molecular flexibility index (Phi) is 5.38. The molecule has 0 atom stereocenters. The van der Waals surface area contributed by atoms with Crippen molar-refractivity contribution in [3.63, 3.8) is 0 Å². The summed E-state index contributed by atoms with van der Waals surface area (Å²) >= 11 is 1.47. The van der Waals surface area contributed by atoms with E-state index in [-0.39, 0.29) is 18.4 Å². The summed E-state index contributed by atoms with van der Waals surface area (Å²) in [5.74, 6) is -0.478. The van der Waals surface area contributed by atoms with Gasteiger partial charge in [0.1, 0.15) is 0 Å². The molecule has 2 N–H and O–H groups in total. The van der Waals surface area contributed by atoms with Crippen LogP contribution in [0.1, 0.15) is 39.0 Å². The van der Waals surface area contributed by atoms with E-state index >= 15 is 0 Å². The first kappa shape index (κ1) is 17.5. The molecule has 6 heteroatoms. The fourth-order valence-corrected chi connectivity index (χ4v) is 4.17. The van der Waals surface area contributed by atoms with Crippen molar-refractivity contribution in [2.24, 2.45) is 0 Å². The zero-order chi connectivity index (χ0) is 17.8. The Balaban J connectivity index is 1.56. The molecule has 0 saturated carbocycles. The zero-order valence-electron chi connectivity index (χ0n) is 14.6. The Hall–Kier alpha value is -2.34. The van der Waals surface area contributed by atoms with Gasteiger partial charge in [-0.15, -0.1) is 11.3 Å². The molecular weight excluding hydrogens is 334 g/mol. The third-order valence-corrected chi connectivity index (χ3v) is 5.80. The number of carbonyl (C=O) groups excluding carboxylic acids is 2. The summed E-state index contributed by atoms with van der Waals surface area (Å²) in [4.78, 5) is 28.3. The van der Waals surface area contributed by atoms with E-state index in [4.69, 9.17) is 0 Å². The van der Waals surface area contributed by atoms with Gasteiger partial charge in [-0.1, -0.05) is 25.1 Å². The Labute approximate surface area is 152 Å². The van der Waals surface area contributed by atoms with Crippen molar-refractivity contribution in [3.05, 3.63) is 51.2 Å². The molecule has 1 aliphatic heterocycles. The van der Waals surface area contributed by atoms with Gasteiger partial charge >= 0.3 is 0 Å². The van der Waals surface area contributed by atoms with Gasteiger partial charge < -0.3 is 4.90 Å². The number of amides is 2.